The highest BCUT2D eigenvalue weighted by molar-refractivity contribution is 6.28. The van der Waals surface area contributed by atoms with E-state index >= 15 is 0 Å². The van der Waals surface area contributed by atoms with Crippen LogP contribution in [0.15, 0.2) is 23.0 Å². The Morgan fingerprint density at radius 2 is 2.37 bits per heavy atom. The lowest BCUT2D eigenvalue weighted by Crippen LogP contribution is -2.26. The zero-order chi connectivity index (χ0) is 13.4. The molecule has 6 heteroatoms. The fraction of sp³-hybridized carbons (Fsp3) is 0.385. The number of nitrogens with zero attached hydrogens (tertiary/aromatic N) is 2. The van der Waals surface area contributed by atoms with E-state index in [9.17, 15) is 9.18 Å². The predicted octanol–water partition coefficient (Wildman–Crippen LogP) is 1.80. The summed E-state index contributed by atoms with van der Waals surface area (Å²) in [6, 6.07) is 3.95. The van der Waals surface area contributed by atoms with Crippen LogP contribution < -0.4 is 10.9 Å². The molecule has 0 radical (unpaired) electrons. The van der Waals surface area contributed by atoms with Crippen LogP contribution in [0.3, 0.4) is 0 Å². The number of rotatable bonds is 2. The Kier molecular flexibility index (Phi) is 3.24. The zero-order valence-electron chi connectivity index (χ0n) is 10.2. The number of halogens is 2. The summed E-state index contributed by atoms with van der Waals surface area (Å²) in [5, 5.41) is 3.77. The average Bonchev–Trinajstić information content (AvgIpc) is 2.87. The fourth-order valence-corrected chi connectivity index (χ4v) is 2.69. The standard InChI is InChI=1S/C13H13ClFN3O/c14-13-17-11-5-9(15)1-2-10(11)12(19)18(13)7-8-3-4-16-6-8/h1-2,5,8,16H,3-4,6-7H2. The predicted molar refractivity (Wildman–Crippen MR) is 71.9 cm³/mol. The van der Waals surface area contributed by atoms with E-state index in [0.717, 1.165) is 19.5 Å². The van der Waals surface area contributed by atoms with Gasteiger partial charge in [-0.25, -0.2) is 9.37 Å². The molecule has 3 rings (SSSR count). The van der Waals surface area contributed by atoms with Crippen molar-refractivity contribution >= 4 is 22.5 Å². The van der Waals surface area contributed by atoms with Crippen molar-refractivity contribution in [3.8, 4) is 0 Å². The van der Waals surface area contributed by atoms with E-state index in [1.165, 1.54) is 22.8 Å². The average molecular weight is 282 g/mol. The van der Waals surface area contributed by atoms with E-state index in [2.05, 4.69) is 10.3 Å². The van der Waals surface area contributed by atoms with Crippen molar-refractivity contribution in [1.82, 2.24) is 14.9 Å². The second-order valence-corrected chi connectivity index (χ2v) is 5.15. The Balaban J connectivity index is 2.09. The number of nitrogens with one attached hydrogen (secondary N) is 1. The van der Waals surface area contributed by atoms with Crippen LogP contribution >= 0.6 is 11.6 Å². The molecule has 0 saturated carbocycles. The SMILES string of the molecule is O=c1c2ccc(F)cc2nc(Cl)n1CC1CCNC1. The Morgan fingerprint density at radius 3 is 3.11 bits per heavy atom. The highest BCUT2D eigenvalue weighted by Gasteiger charge is 2.18. The molecule has 1 fully saturated rings. The molecule has 1 saturated heterocycles. The molecular formula is C13H13ClFN3O. The Hall–Kier alpha value is -1.46. The molecule has 0 bridgehead atoms. The molecule has 1 atom stereocenters. The van der Waals surface area contributed by atoms with Gasteiger partial charge in [-0.15, -0.1) is 0 Å². The van der Waals surface area contributed by atoms with Gasteiger partial charge in [0.25, 0.3) is 5.56 Å². The first-order valence-corrected chi connectivity index (χ1v) is 6.59. The maximum absolute atomic E-state index is 13.1. The van der Waals surface area contributed by atoms with Crippen LogP contribution in [0.5, 0.6) is 0 Å². The van der Waals surface area contributed by atoms with Crippen LogP contribution in [0.4, 0.5) is 4.39 Å². The summed E-state index contributed by atoms with van der Waals surface area (Å²) in [7, 11) is 0. The van der Waals surface area contributed by atoms with Gasteiger partial charge in [0.05, 0.1) is 10.9 Å². The van der Waals surface area contributed by atoms with Crippen molar-refractivity contribution in [2.24, 2.45) is 5.92 Å². The second kappa shape index (κ2) is 4.90. The van der Waals surface area contributed by atoms with Crippen LogP contribution in [0, 0.1) is 11.7 Å². The monoisotopic (exact) mass is 281 g/mol. The molecular weight excluding hydrogens is 269 g/mol. The van der Waals surface area contributed by atoms with Gasteiger partial charge >= 0.3 is 0 Å². The molecule has 1 aromatic heterocycles. The number of aromatic nitrogens is 2. The van der Waals surface area contributed by atoms with Gasteiger partial charge in [-0.3, -0.25) is 9.36 Å². The third-order valence-electron chi connectivity index (χ3n) is 3.47. The molecule has 19 heavy (non-hydrogen) atoms. The third-order valence-corrected chi connectivity index (χ3v) is 3.76. The van der Waals surface area contributed by atoms with Crippen molar-refractivity contribution < 1.29 is 4.39 Å². The van der Waals surface area contributed by atoms with Crippen LogP contribution in [-0.4, -0.2) is 22.6 Å². The Bertz CT molecular complexity index is 679. The summed E-state index contributed by atoms with van der Waals surface area (Å²) in [6.07, 6.45) is 1.02. The van der Waals surface area contributed by atoms with E-state index in [1.807, 2.05) is 0 Å². The summed E-state index contributed by atoms with van der Waals surface area (Å²) in [4.78, 5) is 16.5. The van der Waals surface area contributed by atoms with Gasteiger partial charge in [-0.2, -0.15) is 0 Å². The number of hydrogen-bond acceptors (Lipinski definition) is 3. The van der Waals surface area contributed by atoms with Gasteiger partial charge in [0, 0.05) is 12.6 Å². The van der Waals surface area contributed by atoms with Gasteiger partial charge in [-0.05, 0) is 49.2 Å². The summed E-state index contributed by atoms with van der Waals surface area (Å²) < 4.78 is 14.6. The molecule has 1 N–H and O–H groups in total. The lowest BCUT2D eigenvalue weighted by molar-refractivity contribution is 0.470. The fourth-order valence-electron chi connectivity index (χ4n) is 2.45. The maximum atomic E-state index is 13.1. The highest BCUT2D eigenvalue weighted by Crippen LogP contribution is 2.16. The Morgan fingerprint density at radius 1 is 1.53 bits per heavy atom. The lowest BCUT2D eigenvalue weighted by atomic mass is 10.1. The topological polar surface area (TPSA) is 46.9 Å². The first-order chi connectivity index (χ1) is 9.15. The summed E-state index contributed by atoms with van der Waals surface area (Å²) >= 11 is 6.05. The van der Waals surface area contributed by atoms with E-state index in [-0.39, 0.29) is 10.8 Å². The van der Waals surface area contributed by atoms with E-state index in [4.69, 9.17) is 11.6 Å². The molecule has 0 amide bonds. The van der Waals surface area contributed by atoms with Crippen LogP contribution in [0.2, 0.25) is 5.28 Å². The van der Waals surface area contributed by atoms with Crippen molar-refractivity contribution in [3.05, 3.63) is 39.7 Å². The molecule has 1 aliphatic heterocycles. The summed E-state index contributed by atoms with van der Waals surface area (Å²) in [5.41, 5.74) is 0.0951. The summed E-state index contributed by atoms with van der Waals surface area (Å²) in [5.74, 6) is -0.0388. The lowest BCUT2D eigenvalue weighted by Gasteiger charge is -2.13. The minimum absolute atomic E-state index is 0.120. The van der Waals surface area contributed by atoms with E-state index < -0.39 is 5.82 Å². The van der Waals surface area contributed by atoms with Gasteiger partial charge in [0.15, 0.2) is 0 Å². The van der Waals surface area contributed by atoms with Crippen molar-refractivity contribution in [2.45, 2.75) is 13.0 Å². The third kappa shape index (κ3) is 2.35. The van der Waals surface area contributed by atoms with Gasteiger partial charge < -0.3 is 5.32 Å². The minimum atomic E-state index is -0.423. The van der Waals surface area contributed by atoms with Gasteiger partial charge in [-0.1, -0.05) is 0 Å². The molecule has 1 unspecified atom stereocenters. The maximum Gasteiger partial charge on any atom is 0.262 e. The van der Waals surface area contributed by atoms with Crippen molar-refractivity contribution in [3.63, 3.8) is 0 Å². The first kappa shape index (κ1) is 12.6. The van der Waals surface area contributed by atoms with Crippen LogP contribution in [0.1, 0.15) is 6.42 Å². The number of hydrogen-bond donors (Lipinski definition) is 1. The normalized spacial score (nSPS) is 19.2. The zero-order valence-corrected chi connectivity index (χ0v) is 11.0. The molecule has 0 aliphatic carbocycles. The van der Waals surface area contributed by atoms with E-state index in [0.29, 0.717) is 23.4 Å². The second-order valence-electron chi connectivity index (χ2n) is 4.82. The highest BCUT2D eigenvalue weighted by atomic mass is 35.5. The smallest absolute Gasteiger partial charge is 0.262 e. The molecule has 100 valence electrons. The van der Waals surface area contributed by atoms with Crippen LogP contribution in [0.25, 0.3) is 10.9 Å². The Labute approximate surface area is 114 Å². The largest absolute Gasteiger partial charge is 0.316 e. The van der Waals surface area contributed by atoms with Crippen molar-refractivity contribution in [1.29, 1.82) is 0 Å². The molecule has 1 aliphatic rings. The van der Waals surface area contributed by atoms with Gasteiger partial charge in [0.1, 0.15) is 5.82 Å². The quantitative estimate of drug-likeness (QED) is 0.854. The molecule has 2 heterocycles. The summed E-state index contributed by atoms with van der Waals surface area (Å²) in [6.45, 7) is 2.39. The van der Waals surface area contributed by atoms with Crippen LogP contribution in [-0.2, 0) is 6.54 Å². The number of fused-ring (bicyclic) bond motifs is 1. The van der Waals surface area contributed by atoms with E-state index in [1.54, 1.807) is 0 Å². The molecule has 4 nitrogen and oxygen atoms in total. The number of benzene rings is 1. The molecule has 2 aromatic rings. The molecule has 1 aromatic carbocycles. The van der Waals surface area contributed by atoms with Crippen molar-refractivity contribution in [2.75, 3.05) is 13.1 Å². The molecule has 0 spiro atoms. The minimum Gasteiger partial charge on any atom is -0.316 e. The van der Waals surface area contributed by atoms with Gasteiger partial charge in [0.2, 0.25) is 5.28 Å². The first-order valence-electron chi connectivity index (χ1n) is 6.21.